The molecule has 0 aliphatic rings. The molecular weight excluding hydrogens is 416 g/mol. The van der Waals surface area contributed by atoms with Gasteiger partial charge >= 0.3 is 0 Å². The van der Waals surface area contributed by atoms with Gasteiger partial charge in [0.25, 0.3) is 0 Å². The third-order valence-corrected chi connectivity index (χ3v) is 5.14. The Bertz CT molecular complexity index is 1340. The molecule has 0 aliphatic carbocycles. The quantitative estimate of drug-likeness (QED) is 0.385. The first-order valence-electron chi connectivity index (χ1n) is 9.82. The fourth-order valence-corrected chi connectivity index (χ4v) is 3.36. The minimum Gasteiger partial charge on any atom is -0.494 e. The fraction of sp³-hybridized carbons (Fsp3) is 0.120. The number of para-hydroxylation sites is 1. The number of halogens is 2. The minimum atomic E-state index is -0.649. The Labute approximate surface area is 182 Å². The van der Waals surface area contributed by atoms with E-state index in [4.69, 9.17) is 9.15 Å². The highest BCUT2D eigenvalue weighted by Gasteiger charge is 2.23. The average Bonchev–Trinajstić information content (AvgIpc) is 3.17. The Morgan fingerprint density at radius 1 is 0.969 bits per heavy atom. The Morgan fingerprint density at radius 3 is 2.41 bits per heavy atom. The summed E-state index contributed by atoms with van der Waals surface area (Å²) < 4.78 is 38.6. The molecule has 1 aromatic heterocycles. The van der Waals surface area contributed by atoms with Crippen molar-refractivity contribution in [2.75, 3.05) is 19.0 Å². The van der Waals surface area contributed by atoms with Crippen LogP contribution in [-0.4, -0.2) is 25.2 Å². The van der Waals surface area contributed by atoms with Gasteiger partial charge in [-0.15, -0.1) is 0 Å². The zero-order valence-corrected chi connectivity index (χ0v) is 17.4. The van der Waals surface area contributed by atoms with Crippen LogP contribution in [0.2, 0.25) is 0 Å². The average molecular weight is 435 g/mol. The van der Waals surface area contributed by atoms with Crippen LogP contribution < -0.4 is 10.1 Å². The van der Waals surface area contributed by atoms with E-state index in [1.54, 1.807) is 31.2 Å². The molecule has 0 bridgehead atoms. The van der Waals surface area contributed by atoms with Gasteiger partial charge in [0.15, 0.2) is 23.1 Å². The third-order valence-electron chi connectivity index (χ3n) is 5.14. The predicted molar refractivity (Wildman–Crippen MR) is 117 cm³/mol. The van der Waals surface area contributed by atoms with E-state index >= 15 is 0 Å². The molecule has 0 aliphatic heterocycles. The van der Waals surface area contributed by atoms with Crippen LogP contribution in [0, 0.1) is 18.6 Å². The van der Waals surface area contributed by atoms with Crippen molar-refractivity contribution in [3.8, 4) is 5.75 Å². The molecule has 0 unspecified atom stereocenters. The second kappa shape index (κ2) is 8.63. The van der Waals surface area contributed by atoms with E-state index in [0.717, 1.165) is 12.1 Å². The number of fused-ring (bicyclic) bond motifs is 1. The van der Waals surface area contributed by atoms with Gasteiger partial charge in [-0.05, 0) is 48.9 Å². The summed E-state index contributed by atoms with van der Waals surface area (Å²) in [6.45, 7) is 1.39. The molecule has 1 heterocycles. The minimum absolute atomic E-state index is 0.0357. The summed E-state index contributed by atoms with van der Waals surface area (Å²) in [7, 11) is 1.34. The van der Waals surface area contributed by atoms with E-state index in [-0.39, 0.29) is 29.2 Å². The predicted octanol–water partition coefficient (Wildman–Crippen LogP) is 5.55. The van der Waals surface area contributed by atoms with Gasteiger partial charge in [-0.25, -0.2) is 8.78 Å². The van der Waals surface area contributed by atoms with Gasteiger partial charge in [0, 0.05) is 16.5 Å². The molecule has 0 amide bonds. The van der Waals surface area contributed by atoms with Crippen molar-refractivity contribution in [3.63, 3.8) is 0 Å². The molecular formula is C25H19F2NO4. The fourth-order valence-electron chi connectivity index (χ4n) is 3.36. The summed E-state index contributed by atoms with van der Waals surface area (Å²) in [6, 6.07) is 15.1. The van der Waals surface area contributed by atoms with Crippen LogP contribution in [0.1, 0.15) is 32.0 Å². The SMILES string of the molecule is COc1ccc(C(=O)CNc2c(C(=O)c3ccc(C)c(F)c3)oc3ccccc23)cc1F. The van der Waals surface area contributed by atoms with Crippen molar-refractivity contribution in [1.82, 2.24) is 0 Å². The number of carbonyl (C=O) groups excluding carboxylic acids is 2. The number of carbonyl (C=O) groups is 2. The van der Waals surface area contributed by atoms with Gasteiger partial charge in [-0.2, -0.15) is 0 Å². The molecule has 4 rings (SSSR count). The number of aryl methyl sites for hydroxylation is 1. The third kappa shape index (κ3) is 3.97. The zero-order valence-electron chi connectivity index (χ0n) is 17.4. The zero-order chi connectivity index (χ0) is 22.8. The standard InChI is InChI=1S/C25H19F2NO4/c1-14-7-8-16(12-18(14)26)24(30)25-23(17-5-3-4-6-21(17)32-25)28-13-20(29)15-9-10-22(31-2)19(27)11-15/h3-12,28H,13H2,1-2H3. The van der Waals surface area contributed by atoms with Crippen LogP contribution in [0.15, 0.2) is 65.1 Å². The number of nitrogens with one attached hydrogen (secondary N) is 1. The van der Waals surface area contributed by atoms with Crippen LogP contribution in [0.25, 0.3) is 11.0 Å². The molecule has 32 heavy (non-hydrogen) atoms. The molecule has 0 fully saturated rings. The number of ether oxygens (including phenoxy) is 1. The molecule has 0 radical (unpaired) electrons. The summed E-state index contributed by atoms with van der Waals surface area (Å²) in [5, 5.41) is 3.54. The summed E-state index contributed by atoms with van der Waals surface area (Å²) in [5.41, 5.74) is 1.44. The molecule has 0 atom stereocenters. The number of Topliss-reactive ketones (excluding diaryl/α,β-unsaturated/α-hetero) is 1. The number of hydrogen-bond donors (Lipinski definition) is 1. The molecule has 7 heteroatoms. The van der Waals surface area contributed by atoms with Gasteiger partial charge < -0.3 is 14.5 Å². The van der Waals surface area contributed by atoms with Gasteiger partial charge in [0.05, 0.1) is 19.3 Å². The number of hydrogen-bond acceptors (Lipinski definition) is 5. The highest BCUT2D eigenvalue weighted by atomic mass is 19.1. The van der Waals surface area contributed by atoms with Gasteiger partial charge in [0.2, 0.25) is 5.78 Å². The van der Waals surface area contributed by atoms with Crippen molar-refractivity contribution in [3.05, 3.63) is 94.7 Å². The molecule has 1 N–H and O–H groups in total. The first kappa shape index (κ1) is 21.2. The van der Waals surface area contributed by atoms with Crippen LogP contribution in [0.3, 0.4) is 0 Å². The van der Waals surface area contributed by atoms with E-state index < -0.39 is 23.2 Å². The van der Waals surface area contributed by atoms with E-state index in [9.17, 15) is 18.4 Å². The van der Waals surface area contributed by atoms with E-state index in [2.05, 4.69) is 5.32 Å². The molecule has 5 nitrogen and oxygen atoms in total. The van der Waals surface area contributed by atoms with E-state index in [1.807, 2.05) is 0 Å². The maximum absolute atomic E-state index is 14.0. The lowest BCUT2D eigenvalue weighted by atomic mass is 10.0. The normalized spacial score (nSPS) is 10.9. The molecule has 0 spiro atoms. The van der Waals surface area contributed by atoms with Crippen molar-refractivity contribution in [1.29, 1.82) is 0 Å². The van der Waals surface area contributed by atoms with Crippen LogP contribution in [0.5, 0.6) is 5.75 Å². The van der Waals surface area contributed by atoms with Crippen LogP contribution in [0.4, 0.5) is 14.5 Å². The summed E-state index contributed by atoms with van der Waals surface area (Å²) in [5.74, 6) is -2.07. The largest absolute Gasteiger partial charge is 0.494 e. The molecule has 0 saturated carbocycles. The maximum atomic E-state index is 14.0. The topological polar surface area (TPSA) is 68.5 Å². The Balaban J connectivity index is 1.66. The first-order chi connectivity index (χ1) is 15.4. The first-order valence-corrected chi connectivity index (χ1v) is 9.82. The molecule has 3 aromatic carbocycles. The molecule has 4 aromatic rings. The molecule has 0 saturated heterocycles. The highest BCUT2D eigenvalue weighted by molar-refractivity contribution is 6.15. The number of anilines is 1. The number of benzene rings is 3. The summed E-state index contributed by atoms with van der Waals surface area (Å²) >= 11 is 0. The second-order valence-corrected chi connectivity index (χ2v) is 7.22. The van der Waals surface area contributed by atoms with E-state index in [0.29, 0.717) is 22.2 Å². The van der Waals surface area contributed by atoms with Crippen molar-refractivity contribution in [2.45, 2.75) is 6.92 Å². The number of methoxy groups -OCH3 is 1. The maximum Gasteiger partial charge on any atom is 0.230 e. The van der Waals surface area contributed by atoms with Gasteiger partial charge in [-0.1, -0.05) is 24.3 Å². The number of rotatable bonds is 7. The lowest BCUT2D eigenvalue weighted by Crippen LogP contribution is -2.16. The lowest BCUT2D eigenvalue weighted by molar-refractivity contribution is 0.0997. The summed E-state index contributed by atoms with van der Waals surface area (Å²) in [6.07, 6.45) is 0. The number of ketones is 2. The molecule has 162 valence electrons. The van der Waals surface area contributed by atoms with Crippen LogP contribution >= 0.6 is 0 Å². The van der Waals surface area contributed by atoms with Gasteiger partial charge in [-0.3, -0.25) is 9.59 Å². The van der Waals surface area contributed by atoms with Crippen molar-refractivity contribution < 1.29 is 27.5 Å². The highest BCUT2D eigenvalue weighted by Crippen LogP contribution is 2.33. The second-order valence-electron chi connectivity index (χ2n) is 7.22. The van der Waals surface area contributed by atoms with Crippen molar-refractivity contribution >= 4 is 28.2 Å². The monoisotopic (exact) mass is 435 g/mol. The summed E-state index contributed by atoms with van der Waals surface area (Å²) in [4.78, 5) is 25.7. The number of furan rings is 1. The Kier molecular flexibility index (Phi) is 5.73. The Morgan fingerprint density at radius 2 is 1.69 bits per heavy atom. The van der Waals surface area contributed by atoms with Crippen molar-refractivity contribution in [2.24, 2.45) is 0 Å². The van der Waals surface area contributed by atoms with E-state index in [1.165, 1.54) is 31.4 Å². The smallest absolute Gasteiger partial charge is 0.230 e. The van der Waals surface area contributed by atoms with Gasteiger partial charge in [0.1, 0.15) is 11.4 Å². The lowest BCUT2D eigenvalue weighted by Gasteiger charge is -2.08. The Hall–Kier alpha value is -4.00. The van der Waals surface area contributed by atoms with Crippen LogP contribution in [-0.2, 0) is 0 Å².